The standard InChI is InChI=1S/C14H20BrFN2O2/c1-9(17-14(20)18(3)10(2)8-19)6-11-4-5-13(16)12(15)7-11/h4-5,7,9-10,19H,6,8H2,1-3H3,(H,17,20). The van der Waals surface area contributed by atoms with Crippen molar-refractivity contribution in [3.8, 4) is 0 Å². The molecule has 0 saturated heterocycles. The molecule has 1 rings (SSSR count). The van der Waals surface area contributed by atoms with E-state index in [1.165, 1.54) is 11.0 Å². The molecule has 1 aromatic carbocycles. The van der Waals surface area contributed by atoms with Crippen molar-refractivity contribution in [1.29, 1.82) is 0 Å². The zero-order valence-corrected chi connectivity index (χ0v) is 13.4. The van der Waals surface area contributed by atoms with Crippen LogP contribution in [0.5, 0.6) is 0 Å². The van der Waals surface area contributed by atoms with Gasteiger partial charge in [0.05, 0.1) is 17.1 Å². The van der Waals surface area contributed by atoms with Crippen molar-refractivity contribution >= 4 is 22.0 Å². The van der Waals surface area contributed by atoms with Gasteiger partial charge in [-0.3, -0.25) is 0 Å². The Hall–Kier alpha value is -1.14. The summed E-state index contributed by atoms with van der Waals surface area (Å²) < 4.78 is 13.5. The Bertz CT molecular complexity index is 470. The molecule has 0 aliphatic heterocycles. The fourth-order valence-electron chi connectivity index (χ4n) is 1.71. The largest absolute Gasteiger partial charge is 0.394 e. The lowest BCUT2D eigenvalue weighted by molar-refractivity contribution is 0.155. The van der Waals surface area contributed by atoms with Crippen LogP contribution >= 0.6 is 15.9 Å². The summed E-state index contributed by atoms with van der Waals surface area (Å²) in [5.41, 5.74) is 0.934. The van der Waals surface area contributed by atoms with Gasteiger partial charge in [0.2, 0.25) is 0 Å². The third kappa shape index (κ3) is 4.76. The number of rotatable bonds is 5. The molecule has 2 unspecified atom stereocenters. The minimum atomic E-state index is -0.304. The fourth-order valence-corrected chi connectivity index (χ4v) is 2.13. The molecule has 20 heavy (non-hydrogen) atoms. The first-order valence-corrected chi connectivity index (χ1v) is 7.22. The van der Waals surface area contributed by atoms with Crippen molar-refractivity contribution in [1.82, 2.24) is 10.2 Å². The Morgan fingerprint density at radius 3 is 2.70 bits per heavy atom. The summed E-state index contributed by atoms with van der Waals surface area (Å²) in [5.74, 6) is -0.304. The van der Waals surface area contributed by atoms with E-state index in [4.69, 9.17) is 5.11 Å². The number of nitrogens with zero attached hydrogens (tertiary/aromatic N) is 1. The van der Waals surface area contributed by atoms with Gasteiger partial charge in [0.25, 0.3) is 0 Å². The summed E-state index contributed by atoms with van der Waals surface area (Å²) in [6, 6.07) is 4.24. The number of aliphatic hydroxyl groups is 1. The molecule has 2 N–H and O–H groups in total. The highest BCUT2D eigenvalue weighted by Gasteiger charge is 2.16. The first-order valence-electron chi connectivity index (χ1n) is 6.43. The van der Waals surface area contributed by atoms with Crippen molar-refractivity contribution in [2.45, 2.75) is 32.4 Å². The third-order valence-electron chi connectivity index (χ3n) is 3.14. The van der Waals surface area contributed by atoms with E-state index in [0.717, 1.165) is 5.56 Å². The van der Waals surface area contributed by atoms with Gasteiger partial charge in [0.1, 0.15) is 5.82 Å². The number of benzene rings is 1. The minimum Gasteiger partial charge on any atom is -0.394 e. The first kappa shape index (κ1) is 16.9. The predicted molar refractivity (Wildman–Crippen MR) is 80.1 cm³/mol. The average molecular weight is 347 g/mol. The quantitative estimate of drug-likeness (QED) is 0.860. The maximum atomic E-state index is 13.1. The topological polar surface area (TPSA) is 52.6 Å². The lowest BCUT2D eigenvalue weighted by atomic mass is 10.1. The highest BCUT2D eigenvalue weighted by atomic mass is 79.9. The van der Waals surface area contributed by atoms with Crippen molar-refractivity contribution in [3.05, 3.63) is 34.1 Å². The minimum absolute atomic E-state index is 0.0801. The molecule has 112 valence electrons. The molecule has 0 bridgehead atoms. The number of amides is 2. The number of nitrogens with one attached hydrogen (secondary N) is 1. The second-order valence-electron chi connectivity index (χ2n) is 4.95. The zero-order valence-electron chi connectivity index (χ0n) is 11.9. The number of aliphatic hydroxyl groups excluding tert-OH is 1. The number of likely N-dealkylation sites (N-methyl/N-ethyl adjacent to an activating group) is 1. The Balaban J connectivity index is 2.56. The molecule has 0 aliphatic rings. The number of hydrogen-bond donors (Lipinski definition) is 2. The molecule has 0 saturated carbocycles. The summed E-state index contributed by atoms with van der Waals surface area (Å²) in [4.78, 5) is 13.4. The molecule has 6 heteroatoms. The molecule has 0 aliphatic carbocycles. The van der Waals surface area contributed by atoms with Crippen LogP contribution in [0.25, 0.3) is 0 Å². The molecule has 0 spiro atoms. The van der Waals surface area contributed by atoms with E-state index < -0.39 is 0 Å². The summed E-state index contributed by atoms with van der Waals surface area (Å²) in [6.45, 7) is 3.57. The van der Waals surface area contributed by atoms with Gasteiger partial charge in [-0.1, -0.05) is 6.07 Å². The summed E-state index contributed by atoms with van der Waals surface area (Å²) in [6.07, 6.45) is 0.603. The van der Waals surface area contributed by atoms with E-state index in [1.807, 2.05) is 6.92 Å². The Morgan fingerprint density at radius 1 is 1.50 bits per heavy atom. The lowest BCUT2D eigenvalue weighted by Crippen LogP contribution is -2.47. The van der Waals surface area contributed by atoms with Crippen molar-refractivity contribution < 1.29 is 14.3 Å². The third-order valence-corrected chi connectivity index (χ3v) is 3.75. The molecular weight excluding hydrogens is 327 g/mol. The van der Waals surface area contributed by atoms with Gasteiger partial charge in [-0.15, -0.1) is 0 Å². The Kier molecular flexibility index (Phi) is 6.42. The van der Waals surface area contributed by atoms with Gasteiger partial charge in [0.15, 0.2) is 0 Å². The van der Waals surface area contributed by atoms with Crippen LogP contribution in [0.1, 0.15) is 19.4 Å². The van der Waals surface area contributed by atoms with Crippen molar-refractivity contribution in [3.63, 3.8) is 0 Å². The van der Waals surface area contributed by atoms with E-state index in [9.17, 15) is 9.18 Å². The average Bonchev–Trinajstić information content (AvgIpc) is 2.40. The van der Waals surface area contributed by atoms with Gasteiger partial charge >= 0.3 is 6.03 Å². The van der Waals surface area contributed by atoms with Crippen LogP contribution in [0.3, 0.4) is 0 Å². The molecule has 0 radical (unpaired) electrons. The number of carbonyl (C=O) groups excluding carboxylic acids is 1. The lowest BCUT2D eigenvalue weighted by Gasteiger charge is -2.25. The highest BCUT2D eigenvalue weighted by molar-refractivity contribution is 9.10. The molecule has 4 nitrogen and oxygen atoms in total. The molecule has 0 aromatic heterocycles. The maximum absolute atomic E-state index is 13.1. The Morgan fingerprint density at radius 2 is 2.15 bits per heavy atom. The molecule has 2 amide bonds. The molecule has 0 fully saturated rings. The smallest absolute Gasteiger partial charge is 0.317 e. The van der Waals surface area contributed by atoms with Crippen LogP contribution in [-0.2, 0) is 6.42 Å². The number of hydrogen-bond acceptors (Lipinski definition) is 2. The summed E-state index contributed by atoms with van der Waals surface area (Å²) >= 11 is 3.14. The number of halogens is 2. The zero-order chi connectivity index (χ0) is 15.3. The van der Waals surface area contributed by atoms with Crippen LogP contribution in [-0.4, -0.2) is 41.8 Å². The van der Waals surface area contributed by atoms with E-state index in [0.29, 0.717) is 10.9 Å². The van der Waals surface area contributed by atoms with Crippen LogP contribution < -0.4 is 5.32 Å². The monoisotopic (exact) mass is 346 g/mol. The van der Waals surface area contributed by atoms with E-state index >= 15 is 0 Å². The highest BCUT2D eigenvalue weighted by Crippen LogP contribution is 2.17. The van der Waals surface area contributed by atoms with Crippen LogP contribution in [0.15, 0.2) is 22.7 Å². The van der Waals surface area contributed by atoms with E-state index in [-0.39, 0.29) is 30.5 Å². The second-order valence-corrected chi connectivity index (χ2v) is 5.80. The van der Waals surface area contributed by atoms with Crippen LogP contribution in [0.2, 0.25) is 0 Å². The summed E-state index contributed by atoms with van der Waals surface area (Å²) in [7, 11) is 1.64. The normalized spacial score (nSPS) is 13.7. The SMILES string of the molecule is CC(Cc1ccc(F)c(Br)c1)NC(=O)N(C)C(C)CO. The van der Waals surface area contributed by atoms with Crippen LogP contribution in [0.4, 0.5) is 9.18 Å². The maximum Gasteiger partial charge on any atom is 0.317 e. The number of urea groups is 1. The summed E-state index contributed by atoms with van der Waals surface area (Å²) in [5, 5.41) is 11.9. The fraction of sp³-hybridized carbons (Fsp3) is 0.500. The predicted octanol–water partition coefficient (Wildman–Crippen LogP) is 2.54. The molecule has 1 aromatic rings. The second kappa shape index (κ2) is 7.59. The molecule has 2 atom stereocenters. The van der Waals surface area contributed by atoms with Gasteiger partial charge in [-0.2, -0.15) is 0 Å². The van der Waals surface area contributed by atoms with E-state index in [1.54, 1.807) is 26.1 Å². The van der Waals surface area contributed by atoms with E-state index in [2.05, 4.69) is 21.2 Å². The Labute approximate surface area is 127 Å². The van der Waals surface area contributed by atoms with Gasteiger partial charge in [-0.05, 0) is 53.9 Å². The molecule has 0 heterocycles. The van der Waals surface area contributed by atoms with Gasteiger partial charge in [-0.25, -0.2) is 9.18 Å². The first-order chi connectivity index (χ1) is 9.35. The van der Waals surface area contributed by atoms with Gasteiger partial charge < -0.3 is 15.3 Å². The van der Waals surface area contributed by atoms with Crippen LogP contribution in [0, 0.1) is 5.82 Å². The van der Waals surface area contributed by atoms with Gasteiger partial charge in [0, 0.05) is 13.1 Å². The molecular formula is C14H20BrFN2O2. The van der Waals surface area contributed by atoms with Crippen molar-refractivity contribution in [2.24, 2.45) is 0 Å². The number of carbonyl (C=O) groups is 1. The van der Waals surface area contributed by atoms with Crippen molar-refractivity contribution in [2.75, 3.05) is 13.7 Å².